The summed E-state index contributed by atoms with van der Waals surface area (Å²) < 4.78 is 53.4. The molecule has 0 saturated heterocycles. The molecule has 0 aliphatic heterocycles. The highest BCUT2D eigenvalue weighted by molar-refractivity contribution is 9.10. The molecule has 0 aliphatic carbocycles. The number of benzene rings is 2. The smallest absolute Gasteiger partial charge is 0.304 e. The van der Waals surface area contributed by atoms with Crippen molar-refractivity contribution >= 4 is 51.2 Å². The zero-order valence-electron chi connectivity index (χ0n) is 15.5. The number of halogens is 4. The lowest BCUT2D eigenvalue weighted by molar-refractivity contribution is 0.0354. The average Bonchev–Trinajstić information content (AvgIpc) is 2.63. The van der Waals surface area contributed by atoms with Crippen molar-refractivity contribution in [1.29, 1.82) is 0 Å². The van der Waals surface area contributed by atoms with E-state index in [1.165, 1.54) is 25.5 Å². The van der Waals surface area contributed by atoms with Crippen LogP contribution in [0.1, 0.15) is 30.5 Å². The molecule has 0 N–H and O–H groups in total. The summed E-state index contributed by atoms with van der Waals surface area (Å²) in [6, 6.07) is 12.6. The first-order valence-electron chi connectivity index (χ1n) is 8.61. The van der Waals surface area contributed by atoms with Crippen LogP contribution in [0.4, 0.5) is 8.78 Å². The highest BCUT2D eigenvalue weighted by Crippen LogP contribution is 2.67. The second-order valence-corrected chi connectivity index (χ2v) is 10.6. The molecule has 0 unspecified atom stereocenters. The van der Waals surface area contributed by atoms with Crippen molar-refractivity contribution in [2.75, 3.05) is 13.2 Å². The van der Waals surface area contributed by atoms with Crippen LogP contribution in [-0.2, 0) is 30.8 Å². The zero-order chi connectivity index (χ0) is 20.8. The summed E-state index contributed by atoms with van der Waals surface area (Å²) in [6.45, 7) is 2.75. The predicted octanol–water partition coefficient (Wildman–Crippen LogP) is 7.96. The highest BCUT2D eigenvalue weighted by atomic mass is 79.9. The van der Waals surface area contributed by atoms with Crippen LogP contribution in [0.15, 0.2) is 51.4 Å². The summed E-state index contributed by atoms with van der Waals surface area (Å²) in [7, 11) is -4.62. The Balaban J connectivity index is 2.11. The maximum atomic E-state index is 14.9. The Morgan fingerprint density at radius 2 is 1.50 bits per heavy atom. The molecule has 154 valence electrons. The van der Waals surface area contributed by atoms with Crippen molar-refractivity contribution in [3.8, 4) is 0 Å². The van der Waals surface area contributed by atoms with Gasteiger partial charge in [0.15, 0.2) is 0 Å². The largest absolute Gasteiger partial charge is 0.404 e. The van der Waals surface area contributed by atoms with Gasteiger partial charge in [0.1, 0.15) is 0 Å². The van der Waals surface area contributed by atoms with Gasteiger partial charge in [0.05, 0.1) is 13.2 Å². The summed E-state index contributed by atoms with van der Waals surface area (Å²) in [5.74, 6) is 1.47. The van der Waals surface area contributed by atoms with Crippen molar-refractivity contribution in [2.45, 2.75) is 31.0 Å². The molecule has 3 nitrogen and oxygen atoms in total. The Bertz CT molecular complexity index is 824. The van der Waals surface area contributed by atoms with E-state index in [0.717, 1.165) is 15.8 Å². The molecule has 0 aromatic heterocycles. The summed E-state index contributed by atoms with van der Waals surface area (Å²) in [4.78, 5) is 0. The SMILES string of the molecule is CCOP(=O)(OCC)C(F)(F)c1ccc(CSCc2ccc(Br)cc2)cc1Br. The monoisotopic (exact) mass is 556 g/mol. The summed E-state index contributed by atoms with van der Waals surface area (Å²) >= 11 is 8.28. The minimum Gasteiger partial charge on any atom is -0.304 e. The van der Waals surface area contributed by atoms with Gasteiger partial charge in [0.2, 0.25) is 0 Å². The number of hydrogen-bond donors (Lipinski definition) is 0. The lowest BCUT2D eigenvalue weighted by atomic mass is 10.1. The Hall–Kier alpha value is -0.240. The van der Waals surface area contributed by atoms with E-state index in [1.54, 1.807) is 23.9 Å². The summed E-state index contributed by atoms with van der Waals surface area (Å²) in [5.41, 5.74) is -2.08. The topological polar surface area (TPSA) is 35.5 Å². The van der Waals surface area contributed by atoms with E-state index in [4.69, 9.17) is 9.05 Å². The third-order valence-corrected chi connectivity index (χ3v) is 8.14. The van der Waals surface area contributed by atoms with Gasteiger partial charge in [-0.2, -0.15) is 20.5 Å². The van der Waals surface area contributed by atoms with E-state index in [0.29, 0.717) is 5.75 Å². The number of hydrogen-bond acceptors (Lipinski definition) is 4. The molecule has 0 heterocycles. The molecule has 0 fully saturated rings. The van der Waals surface area contributed by atoms with Crippen molar-refractivity contribution < 1.29 is 22.4 Å². The fourth-order valence-corrected chi connectivity index (χ4v) is 6.05. The van der Waals surface area contributed by atoms with E-state index in [1.807, 2.05) is 24.3 Å². The van der Waals surface area contributed by atoms with Crippen LogP contribution in [0.2, 0.25) is 0 Å². The number of rotatable bonds is 10. The third-order valence-electron chi connectivity index (χ3n) is 3.75. The van der Waals surface area contributed by atoms with E-state index in [2.05, 4.69) is 31.9 Å². The van der Waals surface area contributed by atoms with Crippen LogP contribution in [0.5, 0.6) is 0 Å². The third kappa shape index (κ3) is 5.89. The van der Waals surface area contributed by atoms with Gasteiger partial charge in [-0.3, -0.25) is 4.57 Å². The molecule has 0 aliphatic rings. The van der Waals surface area contributed by atoms with Crippen LogP contribution in [0.25, 0.3) is 0 Å². The second kappa shape index (κ2) is 10.7. The number of alkyl halides is 2. The summed E-state index contributed by atoms with van der Waals surface area (Å²) in [5, 5.41) is 0. The van der Waals surface area contributed by atoms with Crippen molar-refractivity contribution in [3.05, 3.63) is 68.1 Å². The fraction of sp³-hybridized carbons (Fsp3) is 0.368. The average molecular weight is 558 g/mol. The first-order valence-corrected chi connectivity index (χ1v) is 12.9. The fourth-order valence-electron chi connectivity index (χ4n) is 2.45. The van der Waals surface area contributed by atoms with Gasteiger partial charge in [-0.25, -0.2) is 0 Å². The molecule has 0 atom stereocenters. The molecule has 0 bridgehead atoms. The lowest BCUT2D eigenvalue weighted by Crippen LogP contribution is -2.19. The lowest BCUT2D eigenvalue weighted by Gasteiger charge is -2.26. The molecule has 0 saturated carbocycles. The van der Waals surface area contributed by atoms with Gasteiger partial charge in [-0.05, 0) is 43.2 Å². The molecule has 0 radical (unpaired) electrons. The van der Waals surface area contributed by atoms with Crippen molar-refractivity contribution in [2.24, 2.45) is 0 Å². The first-order chi connectivity index (χ1) is 13.2. The maximum Gasteiger partial charge on any atom is 0.404 e. The van der Waals surface area contributed by atoms with Gasteiger partial charge in [0.25, 0.3) is 0 Å². The Morgan fingerprint density at radius 3 is 2.04 bits per heavy atom. The standard InChI is InChI=1S/C19H21Br2F2O3PS/c1-3-25-27(24,26-4-2)19(22,23)17-10-7-15(11-18(17)21)13-28-12-14-5-8-16(20)9-6-14/h5-11H,3-4,12-13H2,1-2H3. The van der Waals surface area contributed by atoms with Crippen LogP contribution in [0, 0.1) is 0 Å². The minimum atomic E-state index is -4.62. The number of thioether (sulfide) groups is 1. The van der Waals surface area contributed by atoms with E-state index in [9.17, 15) is 13.3 Å². The molecule has 2 rings (SSSR count). The second-order valence-electron chi connectivity index (χ2n) is 5.81. The van der Waals surface area contributed by atoms with Gasteiger partial charge in [-0.15, -0.1) is 0 Å². The molecule has 28 heavy (non-hydrogen) atoms. The van der Waals surface area contributed by atoms with E-state index in [-0.39, 0.29) is 17.7 Å². The normalized spacial score (nSPS) is 12.4. The molecule has 2 aromatic carbocycles. The highest BCUT2D eigenvalue weighted by Gasteiger charge is 2.55. The molecule has 0 spiro atoms. The predicted molar refractivity (Wildman–Crippen MR) is 118 cm³/mol. The first kappa shape index (κ1) is 24.0. The molecule has 9 heteroatoms. The minimum absolute atomic E-state index is 0.130. The quantitative estimate of drug-likeness (QED) is 0.278. The Morgan fingerprint density at radius 1 is 0.964 bits per heavy atom. The summed E-state index contributed by atoms with van der Waals surface area (Å²) in [6.07, 6.45) is 0. The molecule has 0 amide bonds. The van der Waals surface area contributed by atoms with Crippen LogP contribution >= 0.6 is 51.2 Å². The maximum absolute atomic E-state index is 14.9. The van der Waals surface area contributed by atoms with Gasteiger partial charge in [0, 0.05) is 26.0 Å². The van der Waals surface area contributed by atoms with Crippen molar-refractivity contribution in [1.82, 2.24) is 0 Å². The van der Waals surface area contributed by atoms with Crippen LogP contribution in [0.3, 0.4) is 0 Å². The van der Waals surface area contributed by atoms with E-state index < -0.39 is 18.8 Å². The van der Waals surface area contributed by atoms with Crippen LogP contribution < -0.4 is 0 Å². The van der Waals surface area contributed by atoms with E-state index >= 15 is 0 Å². The molecular weight excluding hydrogens is 537 g/mol. The Labute approximate surface area is 185 Å². The molecule has 2 aromatic rings. The zero-order valence-corrected chi connectivity index (χ0v) is 20.3. The van der Waals surface area contributed by atoms with Gasteiger partial charge >= 0.3 is 13.3 Å². The van der Waals surface area contributed by atoms with Gasteiger partial charge < -0.3 is 9.05 Å². The van der Waals surface area contributed by atoms with Crippen LogP contribution in [-0.4, -0.2) is 13.2 Å². The van der Waals surface area contributed by atoms with Gasteiger partial charge in [-0.1, -0.05) is 56.1 Å². The van der Waals surface area contributed by atoms with Crippen molar-refractivity contribution in [3.63, 3.8) is 0 Å². The molecular formula is C19H21Br2F2O3PS. The Kier molecular flexibility index (Phi) is 9.17.